The third-order valence-electron chi connectivity index (χ3n) is 3.11. The van der Waals surface area contributed by atoms with Crippen molar-refractivity contribution in [3.63, 3.8) is 0 Å². The molecule has 20 heavy (non-hydrogen) atoms. The summed E-state index contributed by atoms with van der Waals surface area (Å²) in [6.07, 6.45) is 3.98. The number of hydrogen-bond donors (Lipinski definition) is 1. The monoisotopic (exact) mass is 274 g/mol. The maximum Gasteiger partial charge on any atom is 0.384 e. The summed E-state index contributed by atoms with van der Waals surface area (Å²) >= 11 is 0. The van der Waals surface area contributed by atoms with Gasteiger partial charge < -0.3 is 14.8 Å². The third-order valence-corrected chi connectivity index (χ3v) is 3.11. The summed E-state index contributed by atoms with van der Waals surface area (Å²) in [5.41, 5.74) is 0.599. The van der Waals surface area contributed by atoms with Crippen LogP contribution in [0.2, 0.25) is 0 Å². The highest BCUT2D eigenvalue weighted by Gasteiger charge is 2.14. The van der Waals surface area contributed by atoms with Crippen LogP contribution in [0.15, 0.2) is 18.3 Å². The van der Waals surface area contributed by atoms with Gasteiger partial charge in [0.2, 0.25) is 5.88 Å². The lowest BCUT2D eigenvalue weighted by atomic mass is 10.0. The van der Waals surface area contributed by atoms with Crippen LogP contribution in [0.25, 0.3) is 0 Å². The Balaban J connectivity index is 1.99. The predicted molar refractivity (Wildman–Crippen MR) is 74.2 cm³/mol. The van der Waals surface area contributed by atoms with E-state index in [1.807, 2.05) is 0 Å². The van der Waals surface area contributed by atoms with E-state index in [2.05, 4.69) is 26.9 Å². The molecule has 1 aliphatic rings. The van der Waals surface area contributed by atoms with E-state index < -0.39 is 5.97 Å². The molecule has 5 heteroatoms. The smallest absolute Gasteiger partial charge is 0.384 e. The molecule has 0 aromatic carbocycles. The summed E-state index contributed by atoms with van der Waals surface area (Å²) < 4.78 is 10.2. The van der Waals surface area contributed by atoms with Crippen LogP contribution >= 0.6 is 0 Å². The number of hydrogen-bond acceptors (Lipinski definition) is 5. The van der Waals surface area contributed by atoms with Crippen LogP contribution in [0.1, 0.15) is 18.4 Å². The second-order valence-corrected chi connectivity index (χ2v) is 4.62. The number of rotatable bonds is 3. The van der Waals surface area contributed by atoms with Gasteiger partial charge in [0.1, 0.15) is 0 Å². The minimum absolute atomic E-state index is 0.467. The van der Waals surface area contributed by atoms with Crippen molar-refractivity contribution in [2.24, 2.45) is 5.92 Å². The molecule has 0 bridgehead atoms. The number of pyridine rings is 1. The average Bonchev–Trinajstić information content (AvgIpc) is 2.52. The lowest BCUT2D eigenvalue weighted by molar-refractivity contribution is -0.133. The highest BCUT2D eigenvalue weighted by atomic mass is 16.5. The van der Waals surface area contributed by atoms with Gasteiger partial charge in [-0.05, 0) is 37.4 Å². The van der Waals surface area contributed by atoms with Gasteiger partial charge in [0.15, 0.2) is 0 Å². The molecule has 1 unspecified atom stereocenters. The maximum atomic E-state index is 11.0. The van der Waals surface area contributed by atoms with E-state index in [9.17, 15) is 4.79 Å². The Morgan fingerprint density at radius 3 is 3.25 bits per heavy atom. The van der Waals surface area contributed by atoms with Crippen molar-refractivity contribution in [2.75, 3.05) is 26.8 Å². The van der Waals surface area contributed by atoms with Gasteiger partial charge in [-0.15, -0.1) is 0 Å². The van der Waals surface area contributed by atoms with E-state index in [1.54, 1.807) is 18.3 Å². The third kappa shape index (κ3) is 4.25. The second kappa shape index (κ2) is 7.51. The first-order valence-corrected chi connectivity index (χ1v) is 6.68. The first-order valence-electron chi connectivity index (χ1n) is 6.68. The minimum atomic E-state index is -0.573. The van der Waals surface area contributed by atoms with Crippen LogP contribution in [-0.4, -0.2) is 37.8 Å². The fraction of sp³-hybridized carbons (Fsp3) is 0.467. The molecule has 1 N–H and O–H groups in total. The molecule has 0 saturated carbocycles. The highest BCUT2D eigenvalue weighted by Crippen LogP contribution is 2.16. The van der Waals surface area contributed by atoms with Gasteiger partial charge in [-0.2, -0.15) is 0 Å². The van der Waals surface area contributed by atoms with E-state index in [0.717, 1.165) is 19.5 Å². The summed E-state index contributed by atoms with van der Waals surface area (Å²) in [5, 5.41) is 3.34. The Morgan fingerprint density at radius 2 is 2.50 bits per heavy atom. The molecule has 0 aliphatic carbocycles. The number of carbonyl (C=O) groups is 1. The van der Waals surface area contributed by atoms with Crippen molar-refractivity contribution in [1.82, 2.24) is 10.3 Å². The molecule has 1 atom stereocenters. The van der Waals surface area contributed by atoms with Gasteiger partial charge in [0.05, 0.1) is 19.3 Å². The van der Waals surface area contributed by atoms with Gasteiger partial charge in [0, 0.05) is 24.6 Å². The van der Waals surface area contributed by atoms with Crippen molar-refractivity contribution in [2.45, 2.75) is 12.8 Å². The zero-order chi connectivity index (χ0) is 14.2. The van der Waals surface area contributed by atoms with Crippen molar-refractivity contribution < 1.29 is 14.3 Å². The highest BCUT2D eigenvalue weighted by molar-refractivity contribution is 5.89. The number of nitrogens with zero attached hydrogens (tertiary/aromatic N) is 1. The second-order valence-electron chi connectivity index (χ2n) is 4.62. The first-order chi connectivity index (χ1) is 9.79. The molecule has 0 amide bonds. The Kier molecular flexibility index (Phi) is 5.39. The molecule has 5 nitrogen and oxygen atoms in total. The van der Waals surface area contributed by atoms with Gasteiger partial charge in [0.25, 0.3) is 0 Å². The number of esters is 1. The van der Waals surface area contributed by atoms with E-state index in [1.165, 1.54) is 13.5 Å². The molecule has 106 valence electrons. The molecular weight excluding hydrogens is 256 g/mol. The van der Waals surface area contributed by atoms with Crippen molar-refractivity contribution >= 4 is 5.97 Å². The summed E-state index contributed by atoms with van der Waals surface area (Å²) in [6.45, 7) is 2.66. The molecule has 2 rings (SSSR count). The lowest BCUT2D eigenvalue weighted by Crippen LogP contribution is -2.33. The van der Waals surface area contributed by atoms with E-state index >= 15 is 0 Å². The van der Waals surface area contributed by atoms with E-state index in [4.69, 9.17) is 4.74 Å². The number of piperidine rings is 1. The fourth-order valence-corrected chi connectivity index (χ4v) is 2.03. The topological polar surface area (TPSA) is 60.5 Å². The number of methoxy groups -OCH3 is 1. The Morgan fingerprint density at radius 1 is 1.60 bits per heavy atom. The van der Waals surface area contributed by atoms with Gasteiger partial charge in [-0.25, -0.2) is 9.78 Å². The molecular formula is C15H18N2O3. The quantitative estimate of drug-likeness (QED) is 0.658. The van der Waals surface area contributed by atoms with Crippen LogP contribution < -0.4 is 10.1 Å². The largest absolute Gasteiger partial charge is 0.476 e. The molecule has 0 spiro atoms. The molecule has 1 fully saturated rings. The summed E-state index contributed by atoms with van der Waals surface area (Å²) in [6, 6.07) is 3.54. The Bertz CT molecular complexity index is 513. The van der Waals surface area contributed by atoms with Crippen LogP contribution in [0.3, 0.4) is 0 Å². The lowest BCUT2D eigenvalue weighted by Gasteiger charge is -2.22. The molecule has 1 aliphatic heterocycles. The average molecular weight is 274 g/mol. The van der Waals surface area contributed by atoms with Crippen LogP contribution in [0.4, 0.5) is 0 Å². The molecule has 1 saturated heterocycles. The van der Waals surface area contributed by atoms with Crippen LogP contribution in [0, 0.1) is 17.8 Å². The van der Waals surface area contributed by atoms with Crippen molar-refractivity contribution in [1.29, 1.82) is 0 Å². The van der Waals surface area contributed by atoms with Gasteiger partial charge >= 0.3 is 5.97 Å². The fourth-order valence-electron chi connectivity index (χ4n) is 2.03. The Labute approximate surface area is 118 Å². The molecule has 1 aromatic heterocycles. The summed E-state index contributed by atoms with van der Waals surface area (Å²) in [7, 11) is 1.30. The number of ether oxygens (including phenoxy) is 2. The van der Waals surface area contributed by atoms with Crippen LogP contribution in [0.5, 0.6) is 5.88 Å². The summed E-state index contributed by atoms with van der Waals surface area (Å²) in [5.74, 6) is 5.49. The zero-order valence-electron chi connectivity index (χ0n) is 11.5. The SMILES string of the molecule is COC(=O)C#Cc1cccnc1OCC1CCCNC1. The van der Waals surface area contributed by atoms with Crippen molar-refractivity contribution in [3.8, 4) is 17.7 Å². The van der Waals surface area contributed by atoms with E-state index in [-0.39, 0.29) is 0 Å². The predicted octanol–water partition coefficient (Wildman–Crippen LogP) is 0.984. The first kappa shape index (κ1) is 14.4. The van der Waals surface area contributed by atoms with Gasteiger partial charge in [-0.1, -0.05) is 0 Å². The number of carbonyl (C=O) groups excluding carboxylic acids is 1. The Hall–Kier alpha value is -2.06. The number of nitrogens with one attached hydrogen (secondary N) is 1. The number of aromatic nitrogens is 1. The normalized spacial score (nSPS) is 17.8. The van der Waals surface area contributed by atoms with Gasteiger partial charge in [-0.3, -0.25) is 0 Å². The maximum absolute atomic E-state index is 11.0. The standard InChI is InChI=1S/C15H18N2O3/c1-19-14(18)7-6-13-5-3-9-17-15(13)20-11-12-4-2-8-16-10-12/h3,5,9,12,16H,2,4,8,10-11H2,1H3. The van der Waals surface area contributed by atoms with Crippen molar-refractivity contribution in [3.05, 3.63) is 23.9 Å². The van der Waals surface area contributed by atoms with Crippen LogP contribution in [-0.2, 0) is 9.53 Å². The molecule has 0 radical (unpaired) electrons. The minimum Gasteiger partial charge on any atom is -0.476 e. The molecule has 2 heterocycles. The van der Waals surface area contributed by atoms with E-state index in [0.29, 0.717) is 24.0 Å². The summed E-state index contributed by atoms with van der Waals surface area (Å²) in [4.78, 5) is 15.2. The molecule has 1 aromatic rings. The zero-order valence-corrected chi connectivity index (χ0v) is 11.5.